The Labute approximate surface area is 161 Å². The van der Waals surface area contributed by atoms with Crippen molar-refractivity contribution in [3.63, 3.8) is 0 Å². The van der Waals surface area contributed by atoms with Gasteiger partial charge in [-0.1, -0.05) is 35.9 Å². The van der Waals surface area contributed by atoms with E-state index in [1.165, 1.54) is 30.8 Å². The van der Waals surface area contributed by atoms with Crippen LogP contribution in [0.25, 0.3) is 0 Å². The molecule has 0 bridgehead atoms. The zero-order valence-corrected chi connectivity index (χ0v) is 15.8. The van der Waals surface area contributed by atoms with Gasteiger partial charge in [-0.25, -0.2) is 4.39 Å². The van der Waals surface area contributed by atoms with Gasteiger partial charge in [0.05, 0.1) is 11.4 Å². The number of rotatable bonds is 8. The van der Waals surface area contributed by atoms with E-state index in [9.17, 15) is 14.0 Å². The van der Waals surface area contributed by atoms with E-state index in [0.717, 1.165) is 10.5 Å². The summed E-state index contributed by atoms with van der Waals surface area (Å²) in [5.74, 6) is -0.681. The number of carbonyl (C=O) groups is 2. The number of nitrogens with one attached hydrogen (secondary N) is 1. The first kappa shape index (κ1) is 20.3. The number of ether oxygens (including phenoxy) is 1. The van der Waals surface area contributed by atoms with Crippen molar-refractivity contribution >= 4 is 35.2 Å². The molecule has 2 rings (SSSR count). The van der Waals surface area contributed by atoms with Crippen LogP contribution in [0.4, 0.5) is 4.39 Å². The second-order valence-electron chi connectivity index (χ2n) is 5.51. The molecule has 0 spiro atoms. The Morgan fingerprint density at radius 1 is 1.19 bits per heavy atom. The van der Waals surface area contributed by atoms with E-state index >= 15 is 0 Å². The third-order valence-corrected chi connectivity index (χ3v) is 4.97. The molecule has 7 heteroatoms. The quantitative estimate of drug-likeness (QED) is 0.537. The predicted molar refractivity (Wildman–Crippen MR) is 101 cm³/mol. The van der Waals surface area contributed by atoms with Crippen LogP contribution in [0.3, 0.4) is 0 Å². The SMILES string of the molecule is CC(OC(=O)CCSc1ccccc1Cl)C(=O)NCc1ccc(F)cc1. The molecule has 0 radical (unpaired) electrons. The van der Waals surface area contributed by atoms with E-state index in [2.05, 4.69) is 5.32 Å². The minimum atomic E-state index is -0.895. The molecule has 0 aromatic heterocycles. The average Bonchev–Trinajstić information content (AvgIpc) is 2.62. The molecule has 1 unspecified atom stereocenters. The largest absolute Gasteiger partial charge is 0.453 e. The third-order valence-electron chi connectivity index (χ3n) is 3.46. The summed E-state index contributed by atoms with van der Waals surface area (Å²) in [6.45, 7) is 1.75. The summed E-state index contributed by atoms with van der Waals surface area (Å²) < 4.78 is 18.0. The number of benzene rings is 2. The standard InChI is InChI=1S/C19H19ClFNO3S/c1-13(19(24)22-12-14-6-8-15(21)9-7-14)25-18(23)10-11-26-17-5-3-2-4-16(17)20/h2-9,13H,10-12H2,1H3,(H,22,24). The number of hydrogen-bond donors (Lipinski definition) is 1. The minimum absolute atomic E-state index is 0.172. The van der Waals surface area contributed by atoms with Crippen molar-refractivity contribution in [1.82, 2.24) is 5.32 Å². The molecule has 4 nitrogen and oxygen atoms in total. The van der Waals surface area contributed by atoms with Gasteiger partial charge < -0.3 is 10.1 Å². The van der Waals surface area contributed by atoms with E-state index in [4.69, 9.17) is 16.3 Å². The molecular formula is C19H19ClFNO3S. The zero-order chi connectivity index (χ0) is 18.9. The second-order valence-corrected chi connectivity index (χ2v) is 7.05. The van der Waals surface area contributed by atoms with Gasteiger partial charge >= 0.3 is 5.97 Å². The maximum atomic E-state index is 12.8. The lowest BCUT2D eigenvalue weighted by Gasteiger charge is -2.13. The third kappa shape index (κ3) is 6.69. The monoisotopic (exact) mass is 395 g/mol. The second kappa shape index (κ2) is 10.2. The van der Waals surface area contributed by atoms with Gasteiger partial charge in [0, 0.05) is 17.2 Å². The van der Waals surface area contributed by atoms with Crippen molar-refractivity contribution in [2.24, 2.45) is 0 Å². The lowest BCUT2D eigenvalue weighted by molar-refractivity contribution is -0.154. The molecule has 0 heterocycles. The number of amides is 1. The lowest BCUT2D eigenvalue weighted by Crippen LogP contribution is -2.35. The number of halogens is 2. The van der Waals surface area contributed by atoms with Crippen LogP contribution in [0.15, 0.2) is 53.4 Å². The molecular weight excluding hydrogens is 377 g/mol. The average molecular weight is 396 g/mol. The summed E-state index contributed by atoms with van der Waals surface area (Å²) in [7, 11) is 0. The minimum Gasteiger partial charge on any atom is -0.453 e. The van der Waals surface area contributed by atoms with Crippen molar-refractivity contribution in [3.8, 4) is 0 Å². The smallest absolute Gasteiger partial charge is 0.307 e. The van der Waals surface area contributed by atoms with Crippen LogP contribution in [0.5, 0.6) is 0 Å². The summed E-state index contributed by atoms with van der Waals surface area (Å²) >= 11 is 7.50. The van der Waals surface area contributed by atoms with Crippen molar-refractivity contribution in [3.05, 3.63) is 64.9 Å². The molecule has 1 N–H and O–H groups in total. The summed E-state index contributed by atoms with van der Waals surface area (Å²) in [6, 6.07) is 13.2. The first-order chi connectivity index (χ1) is 12.5. The van der Waals surface area contributed by atoms with E-state index < -0.39 is 18.0 Å². The number of hydrogen-bond acceptors (Lipinski definition) is 4. The van der Waals surface area contributed by atoms with Gasteiger partial charge in [-0.15, -0.1) is 11.8 Å². The van der Waals surface area contributed by atoms with Crippen molar-refractivity contribution in [2.45, 2.75) is 30.9 Å². The van der Waals surface area contributed by atoms with Gasteiger partial charge in [0.25, 0.3) is 5.91 Å². The van der Waals surface area contributed by atoms with Crippen LogP contribution in [0.2, 0.25) is 5.02 Å². The number of thioether (sulfide) groups is 1. The Hall–Kier alpha value is -2.05. The molecule has 0 fully saturated rings. The molecule has 0 aliphatic carbocycles. The fraction of sp³-hybridized carbons (Fsp3) is 0.263. The van der Waals surface area contributed by atoms with Crippen LogP contribution in [-0.4, -0.2) is 23.7 Å². The molecule has 1 amide bonds. The Morgan fingerprint density at radius 3 is 2.58 bits per heavy atom. The van der Waals surface area contributed by atoms with E-state index in [-0.39, 0.29) is 18.8 Å². The van der Waals surface area contributed by atoms with Gasteiger partial charge in [-0.05, 0) is 36.8 Å². The Morgan fingerprint density at radius 2 is 1.88 bits per heavy atom. The van der Waals surface area contributed by atoms with E-state index in [1.807, 2.05) is 18.2 Å². The van der Waals surface area contributed by atoms with E-state index in [1.54, 1.807) is 18.2 Å². The predicted octanol–water partition coefficient (Wildman–Crippen LogP) is 4.21. The van der Waals surface area contributed by atoms with Crippen LogP contribution in [-0.2, 0) is 20.9 Å². The van der Waals surface area contributed by atoms with Gasteiger partial charge in [0.2, 0.25) is 0 Å². The van der Waals surface area contributed by atoms with Crippen LogP contribution in [0, 0.1) is 5.82 Å². The van der Waals surface area contributed by atoms with Crippen molar-refractivity contribution in [1.29, 1.82) is 0 Å². The maximum Gasteiger partial charge on any atom is 0.307 e. The van der Waals surface area contributed by atoms with Gasteiger partial charge in [0.1, 0.15) is 5.82 Å². The summed E-state index contributed by atoms with van der Waals surface area (Å²) in [6.07, 6.45) is -0.723. The highest BCUT2D eigenvalue weighted by Gasteiger charge is 2.17. The Balaban J connectivity index is 1.69. The normalized spacial score (nSPS) is 11.7. The number of carbonyl (C=O) groups excluding carboxylic acids is 2. The van der Waals surface area contributed by atoms with Crippen molar-refractivity contribution < 1.29 is 18.7 Å². The van der Waals surface area contributed by atoms with Gasteiger partial charge in [-0.3, -0.25) is 9.59 Å². The molecule has 138 valence electrons. The molecule has 1 atom stereocenters. The van der Waals surface area contributed by atoms with Gasteiger partial charge in [0.15, 0.2) is 6.10 Å². The first-order valence-corrected chi connectivity index (χ1v) is 9.41. The molecule has 0 aliphatic heterocycles. The topological polar surface area (TPSA) is 55.4 Å². The molecule has 2 aromatic carbocycles. The Kier molecular flexibility index (Phi) is 7.94. The summed E-state index contributed by atoms with van der Waals surface area (Å²) in [5.41, 5.74) is 0.759. The first-order valence-electron chi connectivity index (χ1n) is 8.04. The van der Waals surface area contributed by atoms with Gasteiger partial charge in [-0.2, -0.15) is 0 Å². The summed E-state index contributed by atoms with van der Waals surface area (Å²) in [4.78, 5) is 24.7. The highest BCUT2D eigenvalue weighted by Crippen LogP contribution is 2.26. The lowest BCUT2D eigenvalue weighted by atomic mass is 10.2. The number of esters is 1. The fourth-order valence-corrected chi connectivity index (χ4v) is 3.22. The Bertz CT molecular complexity index is 755. The van der Waals surface area contributed by atoms with Crippen LogP contribution in [0.1, 0.15) is 18.9 Å². The van der Waals surface area contributed by atoms with Crippen LogP contribution < -0.4 is 5.32 Å². The van der Waals surface area contributed by atoms with Crippen molar-refractivity contribution in [2.75, 3.05) is 5.75 Å². The fourth-order valence-electron chi connectivity index (χ4n) is 2.05. The van der Waals surface area contributed by atoms with Crippen LogP contribution >= 0.6 is 23.4 Å². The highest BCUT2D eigenvalue weighted by atomic mass is 35.5. The summed E-state index contributed by atoms with van der Waals surface area (Å²) in [5, 5.41) is 3.29. The molecule has 2 aromatic rings. The highest BCUT2D eigenvalue weighted by molar-refractivity contribution is 7.99. The zero-order valence-electron chi connectivity index (χ0n) is 14.2. The maximum absolute atomic E-state index is 12.8. The molecule has 0 saturated carbocycles. The molecule has 0 saturated heterocycles. The van der Waals surface area contributed by atoms with E-state index in [0.29, 0.717) is 10.8 Å². The molecule has 0 aliphatic rings. The molecule has 26 heavy (non-hydrogen) atoms.